The second kappa shape index (κ2) is 9.62. The van der Waals surface area contributed by atoms with Crippen LogP contribution in [0.25, 0.3) is 10.2 Å². The third kappa shape index (κ3) is 4.63. The topological polar surface area (TPSA) is 69.9 Å². The first kappa shape index (κ1) is 21.5. The van der Waals surface area contributed by atoms with Gasteiger partial charge in [0.1, 0.15) is 11.5 Å². The van der Waals surface area contributed by atoms with E-state index in [9.17, 15) is 9.59 Å². The number of benzene rings is 3. The molecule has 162 valence electrons. The molecule has 3 aromatic carbocycles. The number of rotatable bonds is 6. The van der Waals surface area contributed by atoms with Gasteiger partial charge in [-0.25, -0.2) is 4.79 Å². The second-order valence-electron chi connectivity index (χ2n) is 6.89. The maximum Gasteiger partial charge on any atom is 0.338 e. The number of ether oxygens (including phenoxy) is 2. The van der Waals surface area contributed by atoms with Gasteiger partial charge in [-0.3, -0.25) is 4.79 Å². The van der Waals surface area contributed by atoms with Gasteiger partial charge in [0.25, 0.3) is 5.91 Å². The van der Waals surface area contributed by atoms with Crippen molar-refractivity contribution in [2.45, 2.75) is 20.4 Å². The van der Waals surface area contributed by atoms with Crippen LogP contribution in [0, 0.1) is 0 Å². The summed E-state index contributed by atoms with van der Waals surface area (Å²) in [7, 11) is 0. The molecule has 0 saturated carbocycles. The first-order chi connectivity index (χ1) is 15.6. The number of aromatic nitrogens is 1. The zero-order chi connectivity index (χ0) is 22.5. The molecule has 4 aromatic rings. The summed E-state index contributed by atoms with van der Waals surface area (Å²) in [6.07, 6.45) is 0. The Hall–Kier alpha value is -3.71. The molecule has 0 aliphatic rings. The van der Waals surface area contributed by atoms with Gasteiger partial charge in [-0.15, -0.1) is 0 Å². The lowest BCUT2D eigenvalue weighted by atomic mass is 10.2. The Kier molecular flexibility index (Phi) is 6.47. The Morgan fingerprint density at radius 3 is 2.28 bits per heavy atom. The van der Waals surface area contributed by atoms with Crippen LogP contribution in [0.15, 0.2) is 77.8 Å². The van der Waals surface area contributed by atoms with E-state index in [4.69, 9.17) is 9.47 Å². The number of nitrogens with zero attached hydrogens (tertiary/aromatic N) is 2. The fourth-order valence-corrected chi connectivity index (χ4v) is 4.38. The second-order valence-corrected chi connectivity index (χ2v) is 7.90. The van der Waals surface area contributed by atoms with Crippen LogP contribution in [0.1, 0.15) is 34.6 Å². The number of carbonyl (C=O) groups is 2. The number of fused-ring (bicyclic) bond motifs is 1. The predicted molar refractivity (Wildman–Crippen MR) is 124 cm³/mol. The minimum absolute atomic E-state index is 0.320. The molecular formula is C25H22N2O4S. The van der Waals surface area contributed by atoms with E-state index < -0.39 is 0 Å². The molecule has 0 aliphatic carbocycles. The summed E-state index contributed by atoms with van der Waals surface area (Å²) in [4.78, 5) is 29.8. The van der Waals surface area contributed by atoms with E-state index in [0.717, 1.165) is 16.0 Å². The Labute approximate surface area is 189 Å². The van der Waals surface area contributed by atoms with Gasteiger partial charge in [-0.2, -0.15) is 4.99 Å². The van der Waals surface area contributed by atoms with Crippen molar-refractivity contribution in [1.29, 1.82) is 0 Å². The molecule has 0 saturated heterocycles. The lowest BCUT2D eigenvalue weighted by molar-refractivity contribution is 0.0526. The Morgan fingerprint density at radius 2 is 1.59 bits per heavy atom. The summed E-state index contributed by atoms with van der Waals surface area (Å²) in [5, 5.41) is 0. The summed E-state index contributed by atoms with van der Waals surface area (Å²) in [5.74, 6) is 0.673. The monoisotopic (exact) mass is 446 g/mol. The summed E-state index contributed by atoms with van der Waals surface area (Å²) >= 11 is 1.37. The highest BCUT2D eigenvalue weighted by molar-refractivity contribution is 7.16. The Balaban J connectivity index is 1.61. The Bertz CT molecular complexity index is 1320. The third-order valence-corrected chi connectivity index (χ3v) is 5.83. The number of hydrogen-bond donors (Lipinski definition) is 0. The van der Waals surface area contributed by atoms with Crippen molar-refractivity contribution < 1.29 is 19.1 Å². The minimum Gasteiger partial charge on any atom is -0.462 e. The summed E-state index contributed by atoms with van der Waals surface area (Å²) in [5.41, 5.74) is 1.87. The molecular weight excluding hydrogens is 424 g/mol. The predicted octanol–water partition coefficient (Wildman–Crippen LogP) is 5.43. The summed E-state index contributed by atoms with van der Waals surface area (Å²) in [6, 6.07) is 21.7. The average molecular weight is 447 g/mol. The van der Waals surface area contributed by atoms with Gasteiger partial charge in [0.15, 0.2) is 4.80 Å². The molecule has 0 radical (unpaired) electrons. The van der Waals surface area contributed by atoms with Crippen LogP contribution in [-0.4, -0.2) is 23.1 Å². The molecule has 0 aliphatic heterocycles. The van der Waals surface area contributed by atoms with Crippen molar-refractivity contribution in [2.75, 3.05) is 6.61 Å². The summed E-state index contributed by atoms with van der Waals surface area (Å²) in [6.45, 7) is 4.73. The number of thiazole rings is 1. The van der Waals surface area contributed by atoms with Crippen molar-refractivity contribution in [1.82, 2.24) is 4.57 Å². The highest BCUT2D eigenvalue weighted by Crippen LogP contribution is 2.22. The van der Waals surface area contributed by atoms with E-state index in [1.54, 1.807) is 43.3 Å². The quantitative estimate of drug-likeness (QED) is 0.370. The van der Waals surface area contributed by atoms with Crippen molar-refractivity contribution in [3.05, 3.63) is 88.7 Å². The highest BCUT2D eigenvalue weighted by atomic mass is 32.1. The van der Waals surface area contributed by atoms with Gasteiger partial charge in [0.2, 0.25) is 0 Å². The smallest absolute Gasteiger partial charge is 0.338 e. The Morgan fingerprint density at radius 1 is 0.906 bits per heavy atom. The number of hydrogen-bond acceptors (Lipinski definition) is 5. The van der Waals surface area contributed by atoms with Crippen LogP contribution >= 0.6 is 11.3 Å². The number of aryl methyl sites for hydroxylation is 1. The highest BCUT2D eigenvalue weighted by Gasteiger charge is 2.12. The zero-order valence-corrected chi connectivity index (χ0v) is 18.6. The minimum atomic E-state index is -0.363. The van der Waals surface area contributed by atoms with Crippen molar-refractivity contribution >= 4 is 33.4 Å². The van der Waals surface area contributed by atoms with Gasteiger partial charge >= 0.3 is 5.97 Å². The molecule has 1 aromatic heterocycles. The van der Waals surface area contributed by atoms with Crippen molar-refractivity contribution in [2.24, 2.45) is 4.99 Å². The maximum absolute atomic E-state index is 12.8. The van der Waals surface area contributed by atoms with E-state index in [1.807, 2.05) is 47.9 Å². The standard InChI is InChI=1S/C25H22N2O4S/c1-3-27-21-15-12-18(24(29)30-4-2)16-22(21)32-25(27)26-23(28)17-10-13-20(14-11-17)31-19-8-6-5-7-9-19/h5-16H,3-4H2,1-2H3. The molecule has 1 heterocycles. The van der Waals surface area contributed by atoms with Crippen LogP contribution in [0.5, 0.6) is 11.5 Å². The molecule has 4 rings (SSSR count). The first-order valence-corrected chi connectivity index (χ1v) is 11.1. The van der Waals surface area contributed by atoms with Crippen molar-refractivity contribution in [3.63, 3.8) is 0 Å². The normalized spacial score (nSPS) is 11.5. The van der Waals surface area contributed by atoms with Crippen LogP contribution in [0.3, 0.4) is 0 Å². The van der Waals surface area contributed by atoms with Crippen molar-refractivity contribution in [3.8, 4) is 11.5 Å². The number of amides is 1. The molecule has 1 amide bonds. The molecule has 0 unspecified atom stereocenters. The molecule has 0 bridgehead atoms. The van der Waals surface area contributed by atoms with Gasteiger partial charge in [0.05, 0.1) is 22.4 Å². The molecule has 32 heavy (non-hydrogen) atoms. The van der Waals surface area contributed by atoms with E-state index in [-0.39, 0.29) is 11.9 Å². The fraction of sp³-hybridized carbons (Fsp3) is 0.160. The van der Waals surface area contributed by atoms with E-state index in [0.29, 0.717) is 34.8 Å². The summed E-state index contributed by atoms with van der Waals surface area (Å²) < 4.78 is 13.7. The maximum atomic E-state index is 12.8. The molecule has 6 nitrogen and oxygen atoms in total. The molecule has 0 N–H and O–H groups in total. The fourth-order valence-electron chi connectivity index (χ4n) is 3.25. The van der Waals surface area contributed by atoms with Crippen LogP contribution in [0.2, 0.25) is 0 Å². The van der Waals surface area contributed by atoms with Gasteiger partial charge in [0, 0.05) is 12.1 Å². The van der Waals surface area contributed by atoms with Crippen LogP contribution < -0.4 is 9.54 Å². The van der Waals surface area contributed by atoms with Crippen LogP contribution in [0.4, 0.5) is 0 Å². The largest absolute Gasteiger partial charge is 0.462 e. The van der Waals surface area contributed by atoms with Crippen LogP contribution in [-0.2, 0) is 11.3 Å². The number of carbonyl (C=O) groups excluding carboxylic acids is 2. The van der Waals surface area contributed by atoms with E-state index in [1.165, 1.54) is 11.3 Å². The first-order valence-electron chi connectivity index (χ1n) is 10.3. The number of para-hydroxylation sites is 1. The van der Waals surface area contributed by atoms with E-state index in [2.05, 4.69) is 4.99 Å². The lowest BCUT2D eigenvalue weighted by Crippen LogP contribution is -2.15. The third-order valence-electron chi connectivity index (χ3n) is 4.79. The number of esters is 1. The average Bonchev–Trinajstić information content (AvgIpc) is 3.16. The molecule has 0 atom stereocenters. The van der Waals surface area contributed by atoms with Gasteiger partial charge in [-0.1, -0.05) is 29.5 Å². The van der Waals surface area contributed by atoms with Gasteiger partial charge < -0.3 is 14.0 Å². The van der Waals surface area contributed by atoms with Gasteiger partial charge in [-0.05, 0) is 68.4 Å². The molecule has 0 fully saturated rings. The molecule has 0 spiro atoms. The molecule has 7 heteroatoms. The SMILES string of the molecule is CCOC(=O)c1ccc2c(c1)sc(=NC(=O)c1ccc(Oc3ccccc3)cc1)n2CC. The zero-order valence-electron chi connectivity index (χ0n) is 17.8. The lowest BCUT2D eigenvalue weighted by Gasteiger charge is -2.05. The van der Waals surface area contributed by atoms with E-state index >= 15 is 0 Å².